The summed E-state index contributed by atoms with van der Waals surface area (Å²) in [5, 5.41) is 10.5. The zero-order valence-corrected chi connectivity index (χ0v) is 14.0. The van der Waals surface area contributed by atoms with E-state index in [2.05, 4.69) is 9.98 Å². The Morgan fingerprint density at radius 3 is 2.36 bits per heavy atom. The molecule has 5 nitrogen and oxygen atoms in total. The van der Waals surface area contributed by atoms with E-state index < -0.39 is 5.56 Å². The zero-order chi connectivity index (χ0) is 17.6. The molecular weight excluding hydrogens is 334 g/mol. The Morgan fingerprint density at radius 1 is 1.04 bits per heavy atom. The van der Waals surface area contributed by atoms with Crippen LogP contribution < -0.4 is 5.56 Å². The van der Waals surface area contributed by atoms with Gasteiger partial charge in [0.25, 0.3) is 5.56 Å². The summed E-state index contributed by atoms with van der Waals surface area (Å²) in [6.07, 6.45) is 4.65. The maximum atomic E-state index is 12.1. The van der Waals surface area contributed by atoms with Crippen molar-refractivity contribution in [2.24, 2.45) is 4.99 Å². The minimum Gasteiger partial charge on any atom is -0.494 e. The fraction of sp³-hybridized carbons (Fsp3) is 0. The molecule has 1 heterocycles. The molecule has 25 heavy (non-hydrogen) atoms. The predicted octanol–water partition coefficient (Wildman–Crippen LogP) is 4.02. The van der Waals surface area contributed by atoms with Crippen molar-refractivity contribution < 1.29 is 5.11 Å². The molecule has 3 aromatic rings. The molecular formula is C19H15N3O2S. The fourth-order valence-electron chi connectivity index (χ4n) is 2.29. The molecule has 1 aromatic heterocycles. The molecule has 0 unspecified atom stereocenters. The topological polar surface area (TPSA) is 70.4 Å². The Labute approximate surface area is 149 Å². The van der Waals surface area contributed by atoms with Crippen molar-refractivity contribution >= 4 is 30.2 Å². The normalized spacial score (nSPS) is 11.4. The lowest BCUT2D eigenvalue weighted by molar-refractivity contribution is 0.432. The first-order valence-corrected chi connectivity index (χ1v) is 7.97. The molecule has 0 bridgehead atoms. The van der Waals surface area contributed by atoms with Gasteiger partial charge in [0, 0.05) is 6.21 Å². The lowest BCUT2D eigenvalue weighted by Crippen LogP contribution is -2.15. The number of H-pyrrole nitrogens is 1. The molecule has 0 amide bonds. The zero-order valence-electron chi connectivity index (χ0n) is 13.2. The number of nitrogens with zero attached hydrogens (tertiary/aromatic N) is 2. The molecule has 0 aliphatic rings. The molecule has 3 rings (SSSR count). The largest absolute Gasteiger partial charge is 0.494 e. The van der Waals surface area contributed by atoms with Gasteiger partial charge in [0.2, 0.25) is 5.88 Å². The second kappa shape index (κ2) is 7.55. The van der Waals surface area contributed by atoms with Crippen LogP contribution in [0.2, 0.25) is 0 Å². The van der Waals surface area contributed by atoms with Crippen LogP contribution in [0.5, 0.6) is 5.88 Å². The van der Waals surface area contributed by atoms with E-state index in [9.17, 15) is 9.90 Å². The number of aromatic hydroxyl groups is 1. The summed E-state index contributed by atoms with van der Waals surface area (Å²) in [6.45, 7) is 0. The van der Waals surface area contributed by atoms with Gasteiger partial charge in [0.05, 0.1) is 11.4 Å². The molecule has 2 N–H and O–H groups in total. The monoisotopic (exact) mass is 349 g/mol. The second-order valence-corrected chi connectivity index (χ2v) is 5.53. The maximum absolute atomic E-state index is 12.1. The Bertz CT molecular complexity index is 1040. The summed E-state index contributed by atoms with van der Waals surface area (Å²) >= 11 is 5.16. The van der Waals surface area contributed by atoms with Gasteiger partial charge in [-0.2, -0.15) is 0 Å². The van der Waals surface area contributed by atoms with Gasteiger partial charge < -0.3 is 5.11 Å². The molecule has 0 saturated heterocycles. The molecule has 124 valence electrons. The van der Waals surface area contributed by atoms with E-state index in [-0.39, 0.29) is 16.2 Å². The highest BCUT2D eigenvalue weighted by atomic mass is 32.1. The van der Waals surface area contributed by atoms with Crippen LogP contribution in [0.15, 0.2) is 76.5 Å². The summed E-state index contributed by atoms with van der Waals surface area (Å²) in [7, 11) is 0. The summed E-state index contributed by atoms with van der Waals surface area (Å²) in [4.78, 5) is 18.9. The minimum absolute atomic E-state index is 0.108. The number of hydrogen-bond donors (Lipinski definition) is 2. The van der Waals surface area contributed by atoms with Crippen molar-refractivity contribution in [3.05, 3.63) is 87.4 Å². The van der Waals surface area contributed by atoms with Crippen molar-refractivity contribution in [2.45, 2.75) is 0 Å². The summed E-state index contributed by atoms with van der Waals surface area (Å²) in [5.41, 5.74) is 1.11. The van der Waals surface area contributed by atoms with E-state index in [4.69, 9.17) is 12.2 Å². The van der Waals surface area contributed by atoms with Crippen LogP contribution in [0, 0.1) is 4.77 Å². The number of para-hydroxylation sites is 2. The average molecular weight is 349 g/mol. The molecule has 0 fully saturated rings. The van der Waals surface area contributed by atoms with E-state index in [0.29, 0.717) is 5.69 Å². The van der Waals surface area contributed by atoms with Crippen molar-refractivity contribution in [3.63, 3.8) is 0 Å². The van der Waals surface area contributed by atoms with Gasteiger partial charge in [-0.05, 0) is 48.6 Å². The van der Waals surface area contributed by atoms with Crippen LogP contribution in [0.3, 0.4) is 0 Å². The highest BCUT2D eigenvalue weighted by molar-refractivity contribution is 7.71. The standard InChI is InChI=1S/C19H15N3O2S/c23-17-16(12-7-13-20-14-8-3-1-4-9-14)18(24)22(19(25)21-17)15-10-5-2-6-11-15/h1-13,24H,(H,21,23,25)/b12-7+,20-13?. The number of nitrogens with one attached hydrogen (secondary N) is 1. The molecule has 0 aliphatic heterocycles. The van der Waals surface area contributed by atoms with Gasteiger partial charge in [0.15, 0.2) is 4.77 Å². The summed E-state index contributed by atoms with van der Waals surface area (Å²) in [6, 6.07) is 18.5. The van der Waals surface area contributed by atoms with E-state index in [1.54, 1.807) is 24.4 Å². The highest BCUT2D eigenvalue weighted by Gasteiger charge is 2.11. The number of aromatic amines is 1. The number of hydrogen-bond acceptors (Lipinski definition) is 4. The van der Waals surface area contributed by atoms with Crippen LogP contribution in [-0.4, -0.2) is 20.9 Å². The van der Waals surface area contributed by atoms with Crippen molar-refractivity contribution in [1.29, 1.82) is 0 Å². The lowest BCUT2D eigenvalue weighted by atomic mass is 10.2. The van der Waals surface area contributed by atoms with Crippen molar-refractivity contribution in [2.75, 3.05) is 0 Å². The van der Waals surface area contributed by atoms with E-state index >= 15 is 0 Å². The van der Waals surface area contributed by atoms with Crippen LogP contribution in [0.1, 0.15) is 5.56 Å². The molecule has 0 atom stereocenters. The molecule has 0 radical (unpaired) electrons. The van der Waals surface area contributed by atoms with Gasteiger partial charge in [-0.25, -0.2) is 0 Å². The maximum Gasteiger partial charge on any atom is 0.262 e. The van der Waals surface area contributed by atoms with Crippen LogP contribution in [-0.2, 0) is 0 Å². The minimum atomic E-state index is -0.459. The van der Waals surface area contributed by atoms with Crippen LogP contribution in [0.25, 0.3) is 11.8 Å². The highest BCUT2D eigenvalue weighted by Crippen LogP contribution is 2.20. The van der Waals surface area contributed by atoms with Gasteiger partial charge in [0.1, 0.15) is 5.56 Å². The SMILES string of the molecule is O=c1[nH]c(=S)n(-c2ccccc2)c(O)c1/C=C/C=Nc1ccccc1. The van der Waals surface area contributed by atoms with E-state index in [1.807, 2.05) is 48.5 Å². The number of aliphatic imine (C=N–C) groups is 1. The first-order valence-electron chi connectivity index (χ1n) is 7.56. The smallest absolute Gasteiger partial charge is 0.262 e. The first-order chi connectivity index (χ1) is 12.2. The number of allylic oxidation sites excluding steroid dienone is 1. The third-order valence-corrected chi connectivity index (χ3v) is 3.75. The average Bonchev–Trinajstić information content (AvgIpc) is 2.62. The Balaban J connectivity index is 1.97. The number of aromatic nitrogens is 2. The predicted molar refractivity (Wildman–Crippen MR) is 103 cm³/mol. The van der Waals surface area contributed by atoms with Gasteiger partial charge in [-0.15, -0.1) is 0 Å². The third kappa shape index (κ3) is 3.81. The lowest BCUT2D eigenvalue weighted by Gasteiger charge is -2.10. The quantitative estimate of drug-likeness (QED) is 0.552. The summed E-state index contributed by atoms with van der Waals surface area (Å²) < 4.78 is 1.54. The van der Waals surface area contributed by atoms with Gasteiger partial charge in [-0.3, -0.25) is 19.3 Å². The van der Waals surface area contributed by atoms with Crippen LogP contribution in [0.4, 0.5) is 5.69 Å². The number of rotatable bonds is 4. The number of benzene rings is 2. The van der Waals surface area contributed by atoms with Crippen molar-refractivity contribution in [1.82, 2.24) is 9.55 Å². The van der Waals surface area contributed by atoms with Crippen molar-refractivity contribution in [3.8, 4) is 11.6 Å². The van der Waals surface area contributed by atoms with E-state index in [0.717, 1.165) is 5.69 Å². The third-order valence-electron chi connectivity index (χ3n) is 3.46. The van der Waals surface area contributed by atoms with Gasteiger partial charge in [-0.1, -0.05) is 36.4 Å². The molecule has 6 heteroatoms. The molecule has 0 spiro atoms. The Hall–Kier alpha value is -3.25. The molecule has 2 aromatic carbocycles. The van der Waals surface area contributed by atoms with Crippen LogP contribution >= 0.6 is 12.2 Å². The first kappa shape index (κ1) is 16.6. The molecule has 0 saturated carbocycles. The second-order valence-electron chi connectivity index (χ2n) is 5.14. The fourth-order valence-corrected chi connectivity index (χ4v) is 2.57. The Kier molecular flexibility index (Phi) is 5.01. The molecule has 0 aliphatic carbocycles. The Morgan fingerprint density at radius 2 is 1.68 bits per heavy atom. The van der Waals surface area contributed by atoms with E-state index in [1.165, 1.54) is 10.6 Å². The van der Waals surface area contributed by atoms with Gasteiger partial charge >= 0.3 is 0 Å². The summed E-state index contributed by atoms with van der Waals surface area (Å²) in [5.74, 6) is -0.218.